The molecule has 0 saturated carbocycles. The van der Waals surface area contributed by atoms with Crippen LogP contribution in [-0.4, -0.2) is 28.9 Å². The lowest BCUT2D eigenvalue weighted by atomic mass is 9.92. The van der Waals surface area contributed by atoms with Crippen LogP contribution in [0, 0.1) is 0 Å². The van der Waals surface area contributed by atoms with Gasteiger partial charge < -0.3 is 20.5 Å². The van der Waals surface area contributed by atoms with Crippen LogP contribution in [0.4, 0.5) is 4.79 Å². The second-order valence-electron chi connectivity index (χ2n) is 6.85. The van der Waals surface area contributed by atoms with Crippen LogP contribution in [0.25, 0.3) is 0 Å². The van der Waals surface area contributed by atoms with Gasteiger partial charge in [0.2, 0.25) is 0 Å². The Morgan fingerprint density at radius 1 is 1.17 bits per heavy atom. The van der Waals surface area contributed by atoms with Crippen molar-refractivity contribution in [3.63, 3.8) is 0 Å². The van der Waals surface area contributed by atoms with E-state index < -0.39 is 11.7 Å². The fourth-order valence-corrected chi connectivity index (χ4v) is 2.34. The van der Waals surface area contributed by atoms with Crippen LogP contribution in [0.15, 0.2) is 24.3 Å². The first kappa shape index (κ1) is 19.3. The normalized spacial score (nSPS) is 12.0. The second kappa shape index (κ2) is 8.20. The van der Waals surface area contributed by atoms with E-state index in [1.165, 1.54) is 0 Å². The van der Waals surface area contributed by atoms with Gasteiger partial charge in [0, 0.05) is 18.7 Å². The molecule has 0 aliphatic carbocycles. The molecule has 0 spiro atoms. The van der Waals surface area contributed by atoms with Crippen molar-refractivity contribution >= 4 is 6.09 Å². The smallest absolute Gasteiger partial charge is 0.408 e. The highest BCUT2D eigenvalue weighted by Crippen LogP contribution is 2.18. The second-order valence-corrected chi connectivity index (χ2v) is 6.85. The summed E-state index contributed by atoms with van der Waals surface area (Å²) in [6, 6.07) is 7.24. The van der Waals surface area contributed by atoms with Crippen LogP contribution in [0.1, 0.15) is 53.0 Å². The number of hydrogen-bond donors (Lipinski definition) is 3. The molecule has 0 unspecified atom stereocenters. The molecule has 5 heteroatoms. The number of para-hydroxylation sites is 1. The van der Waals surface area contributed by atoms with E-state index in [0.717, 1.165) is 18.4 Å². The molecule has 5 nitrogen and oxygen atoms in total. The lowest BCUT2D eigenvalue weighted by Crippen LogP contribution is -2.55. The zero-order chi connectivity index (χ0) is 17.5. The molecular weight excluding hydrogens is 292 g/mol. The highest BCUT2D eigenvalue weighted by molar-refractivity contribution is 5.68. The first-order chi connectivity index (χ1) is 10.7. The van der Waals surface area contributed by atoms with Gasteiger partial charge >= 0.3 is 6.09 Å². The zero-order valence-corrected chi connectivity index (χ0v) is 14.9. The minimum atomic E-state index is -0.513. The topological polar surface area (TPSA) is 70.6 Å². The minimum Gasteiger partial charge on any atom is -0.508 e. The van der Waals surface area contributed by atoms with Crippen molar-refractivity contribution in [2.24, 2.45) is 0 Å². The Labute approximate surface area is 139 Å². The van der Waals surface area contributed by atoms with Gasteiger partial charge in [-0.2, -0.15) is 0 Å². The molecule has 0 atom stereocenters. The Balaban J connectivity index is 2.63. The number of amides is 1. The van der Waals surface area contributed by atoms with E-state index in [-0.39, 0.29) is 11.3 Å². The molecule has 130 valence electrons. The number of nitrogens with one attached hydrogen (secondary N) is 2. The fraction of sp³-hybridized carbons (Fsp3) is 0.611. The van der Waals surface area contributed by atoms with E-state index in [1.54, 1.807) is 12.1 Å². The third-order valence-electron chi connectivity index (χ3n) is 3.89. The van der Waals surface area contributed by atoms with Gasteiger partial charge in [0.25, 0.3) is 0 Å². The molecule has 0 saturated heterocycles. The molecule has 0 fully saturated rings. The van der Waals surface area contributed by atoms with Crippen molar-refractivity contribution < 1.29 is 14.6 Å². The van der Waals surface area contributed by atoms with E-state index >= 15 is 0 Å². The Bertz CT molecular complexity index is 505. The lowest BCUT2D eigenvalue weighted by Gasteiger charge is -2.34. The Kier molecular flexibility index (Phi) is 6.88. The third kappa shape index (κ3) is 6.48. The van der Waals surface area contributed by atoms with Crippen LogP contribution in [0.2, 0.25) is 0 Å². The third-order valence-corrected chi connectivity index (χ3v) is 3.89. The van der Waals surface area contributed by atoms with Crippen molar-refractivity contribution in [3.8, 4) is 5.75 Å². The lowest BCUT2D eigenvalue weighted by molar-refractivity contribution is 0.0445. The Morgan fingerprint density at radius 3 is 2.30 bits per heavy atom. The standard InChI is InChI=1S/C18H30N2O3/c1-6-18(7-2,20-16(22)23-17(3,4)5)13-19-12-14-10-8-9-11-15(14)21/h8-11,19,21H,6-7,12-13H2,1-5H3,(H,20,22). The predicted octanol–water partition coefficient (Wildman–Crippen LogP) is 3.57. The van der Waals surface area contributed by atoms with Gasteiger partial charge in [0.05, 0.1) is 5.54 Å². The van der Waals surface area contributed by atoms with E-state index in [1.807, 2.05) is 46.8 Å². The van der Waals surface area contributed by atoms with Gasteiger partial charge in [-0.15, -0.1) is 0 Å². The fourth-order valence-electron chi connectivity index (χ4n) is 2.34. The van der Waals surface area contributed by atoms with E-state index in [4.69, 9.17) is 4.74 Å². The molecule has 0 bridgehead atoms. The number of ether oxygens (including phenoxy) is 1. The van der Waals surface area contributed by atoms with Crippen LogP contribution in [0.3, 0.4) is 0 Å². The number of phenols is 1. The predicted molar refractivity (Wildman–Crippen MR) is 92.5 cm³/mol. The SMILES string of the molecule is CCC(CC)(CNCc1ccccc1O)NC(=O)OC(C)(C)C. The van der Waals surface area contributed by atoms with Crippen LogP contribution >= 0.6 is 0 Å². The zero-order valence-electron chi connectivity index (χ0n) is 14.9. The van der Waals surface area contributed by atoms with Gasteiger partial charge in [0.1, 0.15) is 11.4 Å². The largest absolute Gasteiger partial charge is 0.508 e. The van der Waals surface area contributed by atoms with Crippen LogP contribution < -0.4 is 10.6 Å². The number of hydrogen-bond acceptors (Lipinski definition) is 4. The highest BCUT2D eigenvalue weighted by Gasteiger charge is 2.30. The molecule has 1 aromatic carbocycles. The summed E-state index contributed by atoms with van der Waals surface area (Å²) in [5, 5.41) is 16.1. The highest BCUT2D eigenvalue weighted by atomic mass is 16.6. The number of phenolic OH excluding ortho intramolecular Hbond substituents is 1. The molecule has 1 rings (SSSR count). The first-order valence-corrected chi connectivity index (χ1v) is 8.20. The quantitative estimate of drug-likeness (QED) is 0.718. The Hall–Kier alpha value is -1.75. The van der Waals surface area contributed by atoms with E-state index in [9.17, 15) is 9.90 Å². The molecule has 0 aromatic heterocycles. The monoisotopic (exact) mass is 322 g/mol. The summed E-state index contributed by atoms with van der Waals surface area (Å²) in [6.45, 7) is 10.8. The average Bonchev–Trinajstić information content (AvgIpc) is 2.46. The molecule has 0 radical (unpaired) electrons. The molecular formula is C18H30N2O3. The number of carbonyl (C=O) groups excluding carboxylic acids is 1. The molecule has 1 aromatic rings. The summed E-state index contributed by atoms with van der Waals surface area (Å²) < 4.78 is 5.36. The molecule has 23 heavy (non-hydrogen) atoms. The van der Waals surface area contributed by atoms with Crippen LogP contribution in [0.5, 0.6) is 5.75 Å². The van der Waals surface area contributed by atoms with Gasteiger partial charge in [0.15, 0.2) is 0 Å². The number of benzene rings is 1. The van der Waals surface area contributed by atoms with Crippen molar-refractivity contribution in [3.05, 3.63) is 29.8 Å². The van der Waals surface area contributed by atoms with Gasteiger partial charge in [-0.25, -0.2) is 4.79 Å². The van der Waals surface area contributed by atoms with Crippen molar-refractivity contribution in [2.75, 3.05) is 6.54 Å². The summed E-state index contributed by atoms with van der Waals surface area (Å²) in [4.78, 5) is 12.1. The van der Waals surface area contributed by atoms with Crippen molar-refractivity contribution in [2.45, 2.75) is 65.1 Å². The van der Waals surface area contributed by atoms with Crippen LogP contribution in [-0.2, 0) is 11.3 Å². The number of rotatable bonds is 7. The Morgan fingerprint density at radius 2 is 1.78 bits per heavy atom. The summed E-state index contributed by atoms with van der Waals surface area (Å²) in [5.41, 5.74) is -0.0429. The maximum atomic E-state index is 12.1. The van der Waals surface area contributed by atoms with E-state index in [0.29, 0.717) is 13.1 Å². The van der Waals surface area contributed by atoms with E-state index in [2.05, 4.69) is 10.6 Å². The first-order valence-electron chi connectivity index (χ1n) is 8.20. The van der Waals surface area contributed by atoms with Gasteiger partial charge in [-0.1, -0.05) is 32.0 Å². The summed E-state index contributed by atoms with van der Waals surface area (Å²) in [7, 11) is 0. The molecule has 0 aliphatic heterocycles. The number of alkyl carbamates (subject to hydrolysis) is 1. The number of aromatic hydroxyl groups is 1. The summed E-state index contributed by atoms with van der Waals surface area (Å²) in [6.07, 6.45) is 1.18. The molecule has 1 amide bonds. The maximum Gasteiger partial charge on any atom is 0.408 e. The summed E-state index contributed by atoms with van der Waals surface area (Å²) >= 11 is 0. The molecule has 3 N–H and O–H groups in total. The summed E-state index contributed by atoms with van der Waals surface area (Å²) in [5.74, 6) is 0.277. The van der Waals surface area contributed by atoms with Crippen molar-refractivity contribution in [1.29, 1.82) is 0 Å². The molecule has 0 heterocycles. The maximum absolute atomic E-state index is 12.1. The molecule has 0 aliphatic rings. The van der Waals surface area contributed by atoms with Crippen molar-refractivity contribution in [1.82, 2.24) is 10.6 Å². The number of carbonyl (C=O) groups is 1. The van der Waals surface area contributed by atoms with Gasteiger partial charge in [-0.3, -0.25) is 0 Å². The van der Waals surface area contributed by atoms with Gasteiger partial charge in [-0.05, 0) is 39.7 Å². The average molecular weight is 322 g/mol. The minimum absolute atomic E-state index is 0.277.